The smallest absolute Gasteiger partial charge is 0.257 e. The Morgan fingerprint density at radius 2 is 2.05 bits per heavy atom. The second-order valence-corrected chi connectivity index (χ2v) is 6.45. The zero-order valence-electron chi connectivity index (χ0n) is 11.0. The SMILES string of the molecule is Cc1cccc(C(=O)Nc2nc3c(Cl)cc(Cl)cc3s2)c1. The van der Waals surface area contributed by atoms with Crippen LogP contribution in [0.5, 0.6) is 0 Å². The third-order valence-electron chi connectivity index (χ3n) is 2.91. The molecule has 0 radical (unpaired) electrons. The lowest BCUT2D eigenvalue weighted by Crippen LogP contribution is -2.11. The van der Waals surface area contributed by atoms with Crippen molar-refractivity contribution in [1.82, 2.24) is 4.98 Å². The molecule has 0 spiro atoms. The average molecular weight is 337 g/mol. The molecule has 0 aliphatic rings. The predicted octanol–water partition coefficient (Wildman–Crippen LogP) is 5.16. The predicted molar refractivity (Wildman–Crippen MR) is 88.8 cm³/mol. The minimum Gasteiger partial charge on any atom is -0.298 e. The van der Waals surface area contributed by atoms with E-state index in [0.29, 0.717) is 26.3 Å². The first kappa shape index (κ1) is 14.3. The Kier molecular flexibility index (Phi) is 3.85. The first-order valence-electron chi connectivity index (χ1n) is 6.16. The lowest BCUT2D eigenvalue weighted by atomic mass is 10.1. The van der Waals surface area contributed by atoms with Crippen LogP contribution in [0.3, 0.4) is 0 Å². The Morgan fingerprint density at radius 3 is 2.81 bits per heavy atom. The number of hydrogen-bond donors (Lipinski definition) is 1. The van der Waals surface area contributed by atoms with Gasteiger partial charge in [-0.05, 0) is 31.2 Å². The van der Waals surface area contributed by atoms with E-state index in [0.717, 1.165) is 10.3 Å². The monoisotopic (exact) mass is 336 g/mol. The number of nitrogens with one attached hydrogen (secondary N) is 1. The van der Waals surface area contributed by atoms with Crippen molar-refractivity contribution in [3.63, 3.8) is 0 Å². The molecule has 6 heteroatoms. The topological polar surface area (TPSA) is 42.0 Å². The molecular formula is C15H10Cl2N2OS. The van der Waals surface area contributed by atoms with Gasteiger partial charge in [-0.15, -0.1) is 0 Å². The molecule has 2 aromatic carbocycles. The molecule has 1 heterocycles. The molecule has 0 saturated heterocycles. The first-order valence-corrected chi connectivity index (χ1v) is 7.74. The molecule has 0 unspecified atom stereocenters. The Bertz CT molecular complexity index is 845. The molecule has 21 heavy (non-hydrogen) atoms. The molecule has 0 saturated carbocycles. The van der Waals surface area contributed by atoms with Crippen LogP contribution in [0.4, 0.5) is 5.13 Å². The summed E-state index contributed by atoms with van der Waals surface area (Å²) in [4.78, 5) is 16.5. The van der Waals surface area contributed by atoms with E-state index in [1.54, 1.807) is 18.2 Å². The van der Waals surface area contributed by atoms with Crippen LogP contribution < -0.4 is 5.32 Å². The third kappa shape index (κ3) is 3.02. The number of carbonyl (C=O) groups excluding carboxylic acids is 1. The molecule has 0 atom stereocenters. The largest absolute Gasteiger partial charge is 0.298 e. The fraction of sp³-hybridized carbons (Fsp3) is 0.0667. The molecule has 0 bridgehead atoms. The molecule has 3 aromatic rings. The van der Waals surface area contributed by atoms with E-state index in [1.807, 2.05) is 25.1 Å². The minimum atomic E-state index is -0.194. The first-order chi connectivity index (χ1) is 10.0. The maximum Gasteiger partial charge on any atom is 0.257 e. The summed E-state index contributed by atoms with van der Waals surface area (Å²) in [5, 5.41) is 4.31. The molecule has 1 N–H and O–H groups in total. The number of aromatic nitrogens is 1. The maximum absolute atomic E-state index is 12.2. The minimum absolute atomic E-state index is 0.194. The van der Waals surface area contributed by atoms with Crippen molar-refractivity contribution in [3.05, 3.63) is 57.6 Å². The van der Waals surface area contributed by atoms with Gasteiger partial charge in [0.2, 0.25) is 0 Å². The average Bonchev–Trinajstić information content (AvgIpc) is 2.81. The Balaban J connectivity index is 1.91. The van der Waals surface area contributed by atoms with Crippen molar-refractivity contribution in [3.8, 4) is 0 Å². The Morgan fingerprint density at radius 1 is 1.24 bits per heavy atom. The van der Waals surface area contributed by atoms with Crippen LogP contribution in [-0.4, -0.2) is 10.9 Å². The molecular weight excluding hydrogens is 327 g/mol. The summed E-state index contributed by atoms with van der Waals surface area (Å²) < 4.78 is 0.840. The van der Waals surface area contributed by atoms with Crippen LogP contribution >= 0.6 is 34.5 Å². The molecule has 1 aromatic heterocycles. The highest BCUT2D eigenvalue weighted by atomic mass is 35.5. The van der Waals surface area contributed by atoms with Gasteiger partial charge in [0.05, 0.1) is 9.72 Å². The maximum atomic E-state index is 12.2. The number of fused-ring (bicyclic) bond motifs is 1. The van der Waals surface area contributed by atoms with E-state index in [9.17, 15) is 4.79 Å². The number of benzene rings is 2. The normalized spacial score (nSPS) is 10.8. The molecule has 0 aliphatic carbocycles. The van der Waals surface area contributed by atoms with Crippen LogP contribution in [-0.2, 0) is 0 Å². The third-order valence-corrected chi connectivity index (χ3v) is 4.34. The summed E-state index contributed by atoms with van der Waals surface area (Å²) in [6.07, 6.45) is 0. The van der Waals surface area contributed by atoms with Crippen molar-refractivity contribution >= 4 is 55.8 Å². The lowest BCUT2D eigenvalue weighted by Gasteiger charge is -2.02. The van der Waals surface area contributed by atoms with E-state index < -0.39 is 0 Å². The van der Waals surface area contributed by atoms with Gasteiger partial charge in [0.15, 0.2) is 5.13 Å². The van der Waals surface area contributed by atoms with Crippen LogP contribution in [0.2, 0.25) is 10.0 Å². The van der Waals surface area contributed by atoms with Gasteiger partial charge in [0, 0.05) is 10.6 Å². The lowest BCUT2D eigenvalue weighted by molar-refractivity contribution is 0.102. The van der Waals surface area contributed by atoms with E-state index in [2.05, 4.69) is 10.3 Å². The summed E-state index contributed by atoms with van der Waals surface area (Å²) in [6, 6.07) is 10.8. The number of hydrogen-bond acceptors (Lipinski definition) is 3. The van der Waals surface area contributed by atoms with Crippen molar-refractivity contribution in [1.29, 1.82) is 0 Å². The van der Waals surface area contributed by atoms with Crippen molar-refractivity contribution in [2.75, 3.05) is 5.32 Å². The van der Waals surface area contributed by atoms with Crippen LogP contribution in [0.15, 0.2) is 36.4 Å². The Hall–Kier alpha value is -1.62. The molecule has 106 valence electrons. The molecule has 3 rings (SSSR count). The number of halogens is 2. The quantitative estimate of drug-likeness (QED) is 0.701. The van der Waals surface area contributed by atoms with Crippen LogP contribution in [0.25, 0.3) is 10.2 Å². The van der Waals surface area contributed by atoms with Gasteiger partial charge in [-0.2, -0.15) is 0 Å². The summed E-state index contributed by atoms with van der Waals surface area (Å²) in [5.41, 5.74) is 2.27. The Labute approximate surface area is 135 Å². The number of amides is 1. The van der Waals surface area contributed by atoms with E-state index >= 15 is 0 Å². The van der Waals surface area contributed by atoms with E-state index in [1.165, 1.54) is 11.3 Å². The summed E-state index contributed by atoms with van der Waals surface area (Å²) in [7, 11) is 0. The fourth-order valence-corrected chi connectivity index (χ4v) is 3.55. The van der Waals surface area contributed by atoms with Crippen LogP contribution in [0.1, 0.15) is 15.9 Å². The standard InChI is InChI=1S/C15H10Cl2N2OS/c1-8-3-2-4-9(5-8)14(20)19-15-18-13-11(17)6-10(16)7-12(13)21-15/h2-7H,1H3,(H,18,19,20). The second kappa shape index (κ2) is 5.64. The summed E-state index contributed by atoms with van der Waals surface area (Å²) in [6.45, 7) is 1.94. The van der Waals surface area contributed by atoms with E-state index in [4.69, 9.17) is 23.2 Å². The molecule has 3 nitrogen and oxygen atoms in total. The van der Waals surface area contributed by atoms with Crippen molar-refractivity contribution < 1.29 is 4.79 Å². The number of carbonyl (C=O) groups is 1. The number of anilines is 1. The highest BCUT2D eigenvalue weighted by Gasteiger charge is 2.12. The van der Waals surface area contributed by atoms with Gasteiger partial charge in [-0.1, -0.05) is 52.2 Å². The van der Waals surface area contributed by atoms with Gasteiger partial charge in [-0.3, -0.25) is 10.1 Å². The second-order valence-electron chi connectivity index (χ2n) is 4.58. The zero-order valence-corrected chi connectivity index (χ0v) is 13.3. The van der Waals surface area contributed by atoms with Gasteiger partial charge in [-0.25, -0.2) is 4.98 Å². The fourth-order valence-electron chi connectivity index (χ4n) is 1.97. The van der Waals surface area contributed by atoms with Crippen LogP contribution in [0, 0.1) is 6.92 Å². The zero-order chi connectivity index (χ0) is 15.0. The van der Waals surface area contributed by atoms with E-state index in [-0.39, 0.29) is 5.91 Å². The number of nitrogens with zero attached hydrogens (tertiary/aromatic N) is 1. The van der Waals surface area contributed by atoms with Gasteiger partial charge >= 0.3 is 0 Å². The van der Waals surface area contributed by atoms with Gasteiger partial charge in [0.25, 0.3) is 5.91 Å². The molecule has 0 fully saturated rings. The van der Waals surface area contributed by atoms with Crippen molar-refractivity contribution in [2.24, 2.45) is 0 Å². The molecule has 0 aliphatic heterocycles. The number of thiazole rings is 1. The highest BCUT2D eigenvalue weighted by Crippen LogP contribution is 2.33. The van der Waals surface area contributed by atoms with Crippen molar-refractivity contribution in [2.45, 2.75) is 6.92 Å². The van der Waals surface area contributed by atoms with Gasteiger partial charge < -0.3 is 0 Å². The highest BCUT2D eigenvalue weighted by molar-refractivity contribution is 7.22. The number of aryl methyl sites for hydroxylation is 1. The summed E-state index contributed by atoms with van der Waals surface area (Å²) in [5.74, 6) is -0.194. The number of rotatable bonds is 2. The van der Waals surface area contributed by atoms with Gasteiger partial charge in [0.1, 0.15) is 5.52 Å². The summed E-state index contributed by atoms with van der Waals surface area (Å²) >= 11 is 13.4. The molecule has 1 amide bonds.